The first-order valence-electron chi connectivity index (χ1n) is 6.69. The van der Waals surface area contributed by atoms with Crippen molar-refractivity contribution in [2.24, 2.45) is 0 Å². The van der Waals surface area contributed by atoms with Gasteiger partial charge in [0.1, 0.15) is 11.3 Å². The van der Waals surface area contributed by atoms with Crippen molar-refractivity contribution in [3.8, 4) is 5.75 Å². The molecule has 0 aliphatic carbocycles. The molecule has 2 aliphatic heterocycles. The fourth-order valence-electron chi connectivity index (χ4n) is 2.95. The molecule has 2 heterocycles. The van der Waals surface area contributed by atoms with Gasteiger partial charge in [-0.05, 0) is 19.2 Å². The normalized spacial score (nSPS) is 21.4. The van der Waals surface area contributed by atoms with Crippen molar-refractivity contribution in [3.63, 3.8) is 0 Å². The Labute approximate surface area is 133 Å². The quantitative estimate of drug-likeness (QED) is 0.853. The molecule has 2 fully saturated rings. The van der Waals surface area contributed by atoms with E-state index in [9.17, 15) is 9.90 Å². The van der Waals surface area contributed by atoms with E-state index in [0.29, 0.717) is 24.8 Å². The third kappa shape index (κ3) is 2.48. The van der Waals surface area contributed by atoms with Gasteiger partial charge in [-0.15, -0.1) is 0 Å². The van der Waals surface area contributed by atoms with Gasteiger partial charge in [0, 0.05) is 24.7 Å². The molecule has 1 N–H and O–H groups in total. The Morgan fingerprint density at radius 3 is 2.67 bits per heavy atom. The lowest BCUT2D eigenvalue weighted by atomic mass is 9.90. The molecule has 0 radical (unpaired) electrons. The number of piperazine rings is 1. The van der Waals surface area contributed by atoms with Gasteiger partial charge in [0.2, 0.25) is 0 Å². The zero-order valence-corrected chi connectivity index (χ0v) is 13.1. The van der Waals surface area contributed by atoms with Gasteiger partial charge in [-0.3, -0.25) is 4.79 Å². The van der Waals surface area contributed by atoms with Crippen molar-refractivity contribution < 1.29 is 14.6 Å². The zero-order chi connectivity index (χ0) is 15.2. The SMILES string of the molecule is CN1CCN(C(=O)c2cc(Cl)cc(Cl)c2O)C2(COC2)C1. The Balaban J connectivity index is 1.95. The smallest absolute Gasteiger partial charge is 0.258 e. The summed E-state index contributed by atoms with van der Waals surface area (Å²) in [6.45, 7) is 3.15. The summed E-state index contributed by atoms with van der Waals surface area (Å²) in [7, 11) is 2.02. The number of phenolic OH excluding ortho intramolecular Hbond substituents is 1. The number of carbonyl (C=O) groups excluding carboxylic acids is 1. The summed E-state index contributed by atoms with van der Waals surface area (Å²) in [5.74, 6) is -0.478. The zero-order valence-electron chi connectivity index (χ0n) is 11.6. The molecule has 0 saturated carbocycles. The van der Waals surface area contributed by atoms with Gasteiger partial charge in [-0.2, -0.15) is 0 Å². The monoisotopic (exact) mass is 330 g/mol. The molecule has 1 aromatic carbocycles. The van der Waals surface area contributed by atoms with Crippen molar-refractivity contribution in [2.45, 2.75) is 5.54 Å². The molecule has 1 spiro atoms. The van der Waals surface area contributed by atoms with Crippen molar-refractivity contribution in [1.82, 2.24) is 9.80 Å². The minimum atomic E-state index is -0.314. The molecule has 5 nitrogen and oxygen atoms in total. The molecule has 2 aliphatic rings. The highest BCUT2D eigenvalue weighted by Crippen LogP contribution is 2.35. The number of likely N-dealkylation sites (N-methyl/N-ethyl adjacent to an activating group) is 1. The number of hydrogen-bond donors (Lipinski definition) is 1. The number of aromatic hydroxyl groups is 1. The highest BCUT2D eigenvalue weighted by atomic mass is 35.5. The lowest BCUT2D eigenvalue weighted by Gasteiger charge is -2.54. The summed E-state index contributed by atoms with van der Waals surface area (Å²) in [4.78, 5) is 16.8. The maximum atomic E-state index is 12.8. The van der Waals surface area contributed by atoms with Crippen LogP contribution in [0.15, 0.2) is 12.1 Å². The molecule has 0 unspecified atom stereocenters. The van der Waals surface area contributed by atoms with E-state index in [1.807, 2.05) is 7.05 Å². The van der Waals surface area contributed by atoms with Gasteiger partial charge in [0.15, 0.2) is 0 Å². The highest BCUT2D eigenvalue weighted by Gasteiger charge is 2.49. The number of benzene rings is 1. The number of carbonyl (C=O) groups is 1. The minimum absolute atomic E-state index is 0.0823. The number of rotatable bonds is 1. The number of phenols is 1. The van der Waals surface area contributed by atoms with E-state index in [2.05, 4.69) is 4.90 Å². The molecule has 21 heavy (non-hydrogen) atoms. The predicted molar refractivity (Wildman–Crippen MR) is 80.2 cm³/mol. The molecule has 1 aromatic rings. The van der Waals surface area contributed by atoms with E-state index in [-0.39, 0.29) is 27.8 Å². The second kappa shape index (κ2) is 5.32. The molecule has 7 heteroatoms. The van der Waals surface area contributed by atoms with Crippen LogP contribution in [0, 0.1) is 0 Å². The minimum Gasteiger partial charge on any atom is -0.506 e. The number of amides is 1. The average Bonchev–Trinajstić information content (AvgIpc) is 2.40. The van der Waals surface area contributed by atoms with Crippen molar-refractivity contribution >= 4 is 29.1 Å². The molecular formula is C14H16Cl2N2O3. The Bertz CT molecular complexity index is 590. The summed E-state index contributed by atoms with van der Waals surface area (Å²) >= 11 is 11.9. The maximum Gasteiger partial charge on any atom is 0.258 e. The molecule has 0 atom stereocenters. The molecule has 0 aromatic heterocycles. The molecule has 114 valence electrons. The number of ether oxygens (including phenoxy) is 1. The van der Waals surface area contributed by atoms with Crippen LogP contribution in [0.4, 0.5) is 0 Å². The fourth-order valence-corrected chi connectivity index (χ4v) is 3.44. The largest absolute Gasteiger partial charge is 0.506 e. The van der Waals surface area contributed by atoms with Crippen LogP contribution in [0.3, 0.4) is 0 Å². The topological polar surface area (TPSA) is 53.0 Å². The lowest BCUT2D eigenvalue weighted by Crippen LogP contribution is -2.72. The predicted octanol–water partition coefficient (Wildman–Crippen LogP) is 1.86. The summed E-state index contributed by atoms with van der Waals surface area (Å²) in [6, 6.07) is 2.87. The van der Waals surface area contributed by atoms with Gasteiger partial charge in [0.05, 0.1) is 23.8 Å². The summed E-state index contributed by atoms with van der Waals surface area (Å²) in [6.07, 6.45) is 0. The summed E-state index contributed by atoms with van der Waals surface area (Å²) in [5.41, 5.74) is -0.172. The van der Waals surface area contributed by atoms with Crippen LogP contribution in [0.2, 0.25) is 10.0 Å². The van der Waals surface area contributed by atoms with Crippen LogP contribution in [-0.2, 0) is 4.74 Å². The number of halogens is 2. The summed E-state index contributed by atoms with van der Waals surface area (Å²) in [5, 5.41) is 10.5. The number of nitrogens with zero attached hydrogens (tertiary/aromatic N) is 2. The Hall–Kier alpha value is -1.01. The number of hydrogen-bond acceptors (Lipinski definition) is 4. The van der Waals surface area contributed by atoms with Gasteiger partial charge in [0.25, 0.3) is 5.91 Å². The van der Waals surface area contributed by atoms with Gasteiger partial charge in [-0.25, -0.2) is 0 Å². The van der Waals surface area contributed by atoms with Crippen LogP contribution in [0.5, 0.6) is 5.75 Å². The highest BCUT2D eigenvalue weighted by molar-refractivity contribution is 6.36. The summed E-state index contributed by atoms with van der Waals surface area (Å²) < 4.78 is 5.32. The van der Waals surface area contributed by atoms with E-state index in [0.717, 1.165) is 13.1 Å². The van der Waals surface area contributed by atoms with Crippen LogP contribution >= 0.6 is 23.2 Å². The van der Waals surface area contributed by atoms with E-state index in [1.54, 1.807) is 4.90 Å². The van der Waals surface area contributed by atoms with Crippen molar-refractivity contribution in [1.29, 1.82) is 0 Å². The molecule has 2 saturated heterocycles. The van der Waals surface area contributed by atoms with E-state index in [1.165, 1.54) is 12.1 Å². The maximum absolute atomic E-state index is 12.8. The van der Waals surface area contributed by atoms with Gasteiger partial charge >= 0.3 is 0 Å². The van der Waals surface area contributed by atoms with Gasteiger partial charge < -0.3 is 19.6 Å². The Morgan fingerprint density at radius 1 is 1.33 bits per heavy atom. The lowest BCUT2D eigenvalue weighted by molar-refractivity contribution is -0.150. The van der Waals surface area contributed by atoms with Crippen molar-refractivity contribution in [3.05, 3.63) is 27.7 Å². The third-order valence-corrected chi connectivity index (χ3v) is 4.59. The van der Waals surface area contributed by atoms with Crippen LogP contribution < -0.4 is 0 Å². The Morgan fingerprint density at radius 2 is 2.05 bits per heavy atom. The van der Waals surface area contributed by atoms with Crippen LogP contribution in [-0.4, -0.2) is 66.2 Å². The molecular weight excluding hydrogens is 315 g/mol. The first-order valence-corrected chi connectivity index (χ1v) is 7.45. The average molecular weight is 331 g/mol. The van der Waals surface area contributed by atoms with E-state index >= 15 is 0 Å². The van der Waals surface area contributed by atoms with Crippen LogP contribution in [0.1, 0.15) is 10.4 Å². The first kappa shape index (κ1) is 14.9. The van der Waals surface area contributed by atoms with Crippen molar-refractivity contribution in [2.75, 3.05) is 39.9 Å². The Kier molecular flexibility index (Phi) is 3.78. The van der Waals surface area contributed by atoms with Crippen LogP contribution in [0.25, 0.3) is 0 Å². The third-order valence-electron chi connectivity index (χ3n) is 4.09. The second-order valence-corrected chi connectivity index (χ2v) is 6.54. The van der Waals surface area contributed by atoms with E-state index in [4.69, 9.17) is 27.9 Å². The first-order chi connectivity index (χ1) is 9.93. The molecule has 3 rings (SSSR count). The molecule has 1 amide bonds. The standard InChI is InChI=1S/C14H16Cl2N2O3/c1-17-2-3-18(14(6-17)7-21-8-14)13(20)10-4-9(15)5-11(16)12(10)19/h4-5,19H,2-3,6-8H2,1H3. The second-order valence-electron chi connectivity index (χ2n) is 5.70. The molecule has 0 bridgehead atoms. The van der Waals surface area contributed by atoms with E-state index < -0.39 is 0 Å². The fraction of sp³-hybridized carbons (Fsp3) is 0.500. The van der Waals surface area contributed by atoms with Gasteiger partial charge in [-0.1, -0.05) is 23.2 Å².